The highest BCUT2D eigenvalue weighted by atomic mass is 32.2. The Kier molecular flexibility index (Phi) is 11.1. The number of fused-ring (bicyclic) bond motifs is 1. The highest BCUT2D eigenvalue weighted by Gasteiger charge is 2.16. The molecule has 3 aromatic rings. The number of amides is 1. The summed E-state index contributed by atoms with van der Waals surface area (Å²) in [5.41, 5.74) is 2.09. The Morgan fingerprint density at radius 2 is 1.59 bits per heavy atom. The van der Waals surface area contributed by atoms with E-state index in [-0.39, 0.29) is 16.5 Å². The quantitative estimate of drug-likeness (QED) is 0.125. The van der Waals surface area contributed by atoms with Gasteiger partial charge in [0.15, 0.2) is 0 Å². The number of non-ortho nitro benzene ring substituents is 1. The summed E-state index contributed by atoms with van der Waals surface area (Å²) < 4.78 is 27.1. The number of nitro benzene ring substituents is 1. The number of sulfonamides is 1. The molecule has 1 amide bonds. The number of nitro groups is 1. The van der Waals surface area contributed by atoms with Gasteiger partial charge in [0.2, 0.25) is 15.9 Å². The zero-order valence-corrected chi connectivity index (χ0v) is 21.9. The largest absolute Gasteiger partial charge is 0.361 e. The van der Waals surface area contributed by atoms with Gasteiger partial charge >= 0.3 is 0 Å². The third-order valence-corrected chi connectivity index (χ3v) is 7.81. The van der Waals surface area contributed by atoms with E-state index < -0.39 is 14.9 Å². The van der Waals surface area contributed by atoms with Crippen LogP contribution in [0.5, 0.6) is 0 Å². The van der Waals surface area contributed by atoms with Gasteiger partial charge in [0.1, 0.15) is 0 Å². The van der Waals surface area contributed by atoms with Crippen LogP contribution in [0.25, 0.3) is 10.9 Å². The van der Waals surface area contributed by atoms with Crippen LogP contribution >= 0.6 is 0 Å². The van der Waals surface area contributed by atoms with Crippen LogP contribution in [0.2, 0.25) is 0 Å². The normalized spacial score (nSPS) is 11.6. The summed E-state index contributed by atoms with van der Waals surface area (Å²) in [4.78, 5) is 25.5. The first-order chi connectivity index (χ1) is 17.9. The monoisotopic (exact) mass is 528 g/mol. The lowest BCUT2D eigenvalue weighted by atomic mass is 10.1. The van der Waals surface area contributed by atoms with Gasteiger partial charge in [-0.3, -0.25) is 14.9 Å². The van der Waals surface area contributed by atoms with Crippen molar-refractivity contribution < 1.29 is 18.1 Å². The number of nitrogens with zero attached hydrogens (tertiary/aromatic N) is 1. The van der Waals surface area contributed by atoms with E-state index >= 15 is 0 Å². The van der Waals surface area contributed by atoms with Crippen molar-refractivity contribution >= 4 is 32.5 Å². The lowest BCUT2D eigenvalue weighted by Gasteiger charge is -2.07. The van der Waals surface area contributed by atoms with Gasteiger partial charge < -0.3 is 10.3 Å². The average Bonchev–Trinajstić information content (AvgIpc) is 3.30. The molecule has 0 bridgehead atoms. The number of para-hydroxylation sites is 1. The molecular weight excluding hydrogens is 492 g/mol. The van der Waals surface area contributed by atoms with Crippen molar-refractivity contribution in [1.29, 1.82) is 0 Å². The molecule has 10 heteroatoms. The second-order valence-corrected chi connectivity index (χ2v) is 11.0. The maximum absolute atomic E-state index is 12.3. The first kappa shape index (κ1) is 28.3. The molecule has 3 rings (SSSR count). The minimum absolute atomic E-state index is 0.0929. The Hall–Kier alpha value is -3.24. The molecule has 0 aliphatic carbocycles. The van der Waals surface area contributed by atoms with E-state index in [9.17, 15) is 23.3 Å². The van der Waals surface area contributed by atoms with Crippen molar-refractivity contribution in [2.75, 3.05) is 13.1 Å². The predicted octanol–water partition coefficient (Wildman–Crippen LogP) is 5.22. The fourth-order valence-corrected chi connectivity index (χ4v) is 5.40. The Labute approximate surface area is 218 Å². The molecule has 1 aromatic heterocycles. The molecule has 0 unspecified atom stereocenters. The van der Waals surface area contributed by atoms with E-state index in [0.29, 0.717) is 25.9 Å². The molecule has 0 spiro atoms. The average molecular weight is 529 g/mol. The Morgan fingerprint density at radius 1 is 0.892 bits per heavy atom. The van der Waals surface area contributed by atoms with Gasteiger partial charge in [-0.1, -0.05) is 62.8 Å². The number of nitrogens with one attached hydrogen (secondary N) is 3. The molecule has 1 heterocycles. The number of rotatable bonds is 17. The minimum Gasteiger partial charge on any atom is -0.361 e. The van der Waals surface area contributed by atoms with Crippen molar-refractivity contribution in [3.63, 3.8) is 0 Å². The third kappa shape index (κ3) is 9.29. The number of benzene rings is 2. The van der Waals surface area contributed by atoms with Crippen LogP contribution in [0.4, 0.5) is 5.69 Å². The van der Waals surface area contributed by atoms with Gasteiger partial charge in [-0.05, 0) is 37.0 Å². The summed E-state index contributed by atoms with van der Waals surface area (Å²) in [6, 6.07) is 13.2. The van der Waals surface area contributed by atoms with Crippen LogP contribution in [0, 0.1) is 10.1 Å². The van der Waals surface area contributed by atoms with Crippen LogP contribution in [-0.2, 0) is 21.2 Å². The molecule has 2 aromatic carbocycles. The Morgan fingerprint density at radius 3 is 2.35 bits per heavy atom. The highest BCUT2D eigenvalue weighted by Crippen LogP contribution is 2.18. The molecule has 0 radical (unpaired) electrons. The second kappa shape index (κ2) is 14.5. The van der Waals surface area contributed by atoms with Gasteiger partial charge in [0.25, 0.3) is 5.69 Å². The topological polar surface area (TPSA) is 134 Å². The van der Waals surface area contributed by atoms with E-state index in [1.807, 2.05) is 24.4 Å². The molecule has 0 atom stereocenters. The number of hydrogen-bond acceptors (Lipinski definition) is 5. The molecule has 9 nitrogen and oxygen atoms in total. The van der Waals surface area contributed by atoms with Crippen LogP contribution in [0.15, 0.2) is 59.6 Å². The molecule has 0 aliphatic rings. The number of carbonyl (C=O) groups is 1. The van der Waals surface area contributed by atoms with Crippen molar-refractivity contribution in [1.82, 2.24) is 15.0 Å². The molecule has 0 saturated heterocycles. The number of aromatic nitrogens is 1. The third-order valence-electron chi connectivity index (χ3n) is 6.35. The molecule has 37 heavy (non-hydrogen) atoms. The summed E-state index contributed by atoms with van der Waals surface area (Å²) in [5.74, 6) is 0.104. The standard InChI is InChI=1S/C27H36N4O5S/c32-27(28-19-17-22-21-29-26-15-9-8-14-25(22)26)16-7-5-3-1-2-4-6-10-18-30-37(35,36)24-13-11-12-23(20-24)31(33)34/h8-9,11-15,20-21,29-30H,1-7,10,16-19H2,(H,28,32). The highest BCUT2D eigenvalue weighted by molar-refractivity contribution is 7.89. The van der Waals surface area contributed by atoms with Crippen molar-refractivity contribution in [2.45, 2.75) is 69.1 Å². The van der Waals surface area contributed by atoms with Crippen LogP contribution < -0.4 is 10.0 Å². The van der Waals surface area contributed by atoms with E-state index in [1.165, 1.54) is 29.1 Å². The summed E-state index contributed by atoms with van der Waals surface area (Å²) >= 11 is 0. The van der Waals surface area contributed by atoms with E-state index in [0.717, 1.165) is 62.9 Å². The molecular formula is C27H36N4O5S. The number of hydrogen-bond donors (Lipinski definition) is 3. The summed E-state index contributed by atoms with van der Waals surface area (Å²) in [7, 11) is -3.75. The molecule has 200 valence electrons. The molecule has 0 aliphatic heterocycles. The number of carbonyl (C=O) groups excluding carboxylic acids is 1. The van der Waals surface area contributed by atoms with Gasteiger partial charge in [-0.25, -0.2) is 13.1 Å². The Bertz CT molecular complexity index is 1270. The molecule has 0 fully saturated rings. The zero-order chi connectivity index (χ0) is 26.5. The zero-order valence-electron chi connectivity index (χ0n) is 21.1. The minimum atomic E-state index is -3.75. The van der Waals surface area contributed by atoms with Crippen molar-refractivity contribution in [3.05, 3.63) is 70.4 Å². The van der Waals surface area contributed by atoms with E-state index in [4.69, 9.17) is 0 Å². The van der Waals surface area contributed by atoms with Gasteiger partial charge in [-0.15, -0.1) is 0 Å². The first-order valence-electron chi connectivity index (χ1n) is 12.9. The first-order valence-corrected chi connectivity index (χ1v) is 14.4. The fourth-order valence-electron chi connectivity index (χ4n) is 4.29. The predicted molar refractivity (Wildman–Crippen MR) is 145 cm³/mol. The Balaban J connectivity index is 1.16. The number of H-pyrrole nitrogens is 1. The lowest BCUT2D eigenvalue weighted by molar-refractivity contribution is -0.385. The van der Waals surface area contributed by atoms with Gasteiger partial charge in [-0.2, -0.15) is 0 Å². The SMILES string of the molecule is O=C(CCCCCCCCCCNS(=O)(=O)c1cccc([N+](=O)[O-])c1)NCCc1c[nH]c2ccccc12. The van der Waals surface area contributed by atoms with Crippen LogP contribution in [0.3, 0.4) is 0 Å². The van der Waals surface area contributed by atoms with Crippen molar-refractivity contribution in [2.24, 2.45) is 0 Å². The summed E-state index contributed by atoms with van der Waals surface area (Å²) in [6.07, 6.45) is 11.2. The number of unbranched alkanes of at least 4 members (excludes halogenated alkanes) is 7. The summed E-state index contributed by atoms with van der Waals surface area (Å²) in [6.45, 7) is 0.947. The fraction of sp³-hybridized carbons (Fsp3) is 0.444. The maximum Gasteiger partial charge on any atom is 0.270 e. The van der Waals surface area contributed by atoms with Gasteiger partial charge in [0.05, 0.1) is 9.82 Å². The molecule has 3 N–H and O–H groups in total. The van der Waals surface area contributed by atoms with E-state index in [2.05, 4.69) is 21.1 Å². The number of aromatic amines is 1. The van der Waals surface area contributed by atoms with Crippen molar-refractivity contribution in [3.8, 4) is 0 Å². The molecule has 0 saturated carbocycles. The summed E-state index contributed by atoms with van der Waals surface area (Å²) in [5, 5.41) is 15.1. The second-order valence-electron chi connectivity index (χ2n) is 9.19. The lowest BCUT2D eigenvalue weighted by Crippen LogP contribution is -2.25. The van der Waals surface area contributed by atoms with E-state index in [1.54, 1.807) is 0 Å². The smallest absolute Gasteiger partial charge is 0.270 e. The van der Waals surface area contributed by atoms with Crippen LogP contribution in [-0.4, -0.2) is 37.3 Å². The van der Waals surface area contributed by atoms with Crippen LogP contribution in [0.1, 0.15) is 63.4 Å². The van der Waals surface area contributed by atoms with Gasteiger partial charge in [0, 0.05) is 48.7 Å². The maximum atomic E-state index is 12.3.